The molecule has 2 atom stereocenters. The van der Waals surface area contributed by atoms with Crippen molar-refractivity contribution in [2.24, 2.45) is 0 Å². The second kappa shape index (κ2) is 4.14. The topological polar surface area (TPSA) is 59.0 Å². The number of rotatable bonds is 3. The molecule has 14 heavy (non-hydrogen) atoms. The van der Waals surface area contributed by atoms with E-state index in [1.165, 1.54) is 0 Å². The zero-order valence-corrected chi connectivity index (χ0v) is 8.02. The molecule has 0 bridgehead atoms. The van der Waals surface area contributed by atoms with Gasteiger partial charge in [-0.15, -0.1) is 0 Å². The third kappa shape index (κ3) is 1.83. The van der Waals surface area contributed by atoms with Crippen molar-refractivity contribution in [2.75, 3.05) is 26.4 Å². The maximum Gasteiger partial charge on any atom is 0.410 e. The Bertz CT molecular complexity index is 215. The zero-order chi connectivity index (χ0) is 9.97. The third-order valence-electron chi connectivity index (χ3n) is 2.71. The molecule has 2 aliphatic heterocycles. The van der Waals surface area contributed by atoms with Crippen LogP contribution in [-0.2, 0) is 9.47 Å². The van der Waals surface area contributed by atoms with Crippen molar-refractivity contribution < 1.29 is 19.4 Å². The van der Waals surface area contributed by atoms with E-state index in [2.05, 4.69) is 0 Å². The molecular formula is C9H15NO4. The molecule has 0 saturated carbocycles. The van der Waals surface area contributed by atoms with Gasteiger partial charge in [-0.3, -0.25) is 4.90 Å². The number of nitrogens with zero attached hydrogens (tertiary/aromatic N) is 1. The fourth-order valence-electron chi connectivity index (χ4n) is 1.87. The van der Waals surface area contributed by atoms with Crippen molar-refractivity contribution in [2.45, 2.75) is 25.0 Å². The summed E-state index contributed by atoms with van der Waals surface area (Å²) in [5.41, 5.74) is 0. The molecule has 5 heteroatoms. The summed E-state index contributed by atoms with van der Waals surface area (Å²) < 4.78 is 10.3. The molecule has 80 valence electrons. The highest BCUT2D eigenvalue weighted by Gasteiger charge is 2.34. The van der Waals surface area contributed by atoms with Crippen LogP contribution in [0.1, 0.15) is 12.8 Å². The normalized spacial score (nSPS) is 32.4. The van der Waals surface area contributed by atoms with Gasteiger partial charge in [-0.25, -0.2) is 4.79 Å². The first-order valence-electron chi connectivity index (χ1n) is 4.97. The highest BCUT2D eigenvalue weighted by Crippen LogP contribution is 2.18. The second-order valence-electron chi connectivity index (χ2n) is 3.70. The van der Waals surface area contributed by atoms with Crippen LogP contribution in [-0.4, -0.2) is 54.6 Å². The predicted octanol–water partition coefficient (Wildman–Crippen LogP) is -0.0215. The number of carbonyl (C=O) groups excluding carboxylic acids is 1. The van der Waals surface area contributed by atoms with E-state index in [4.69, 9.17) is 14.6 Å². The number of hydrogen-bond donors (Lipinski definition) is 1. The number of cyclic esters (lactones) is 1. The molecule has 2 rings (SSSR count). The Morgan fingerprint density at radius 3 is 3.07 bits per heavy atom. The van der Waals surface area contributed by atoms with Crippen LogP contribution >= 0.6 is 0 Å². The molecule has 0 radical (unpaired) electrons. The average molecular weight is 201 g/mol. The number of carbonyl (C=O) groups is 1. The van der Waals surface area contributed by atoms with E-state index < -0.39 is 0 Å². The van der Waals surface area contributed by atoms with E-state index in [0.29, 0.717) is 13.2 Å². The first-order valence-corrected chi connectivity index (χ1v) is 4.97. The number of aliphatic hydroxyl groups is 1. The molecule has 2 heterocycles. The van der Waals surface area contributed by atoms with Crippen LogP contribution in [0.2, 0.25) is 0 Å². The highest BCUT2D eigenvalue weighted by atomic mass is 16.6. The second-order valence-corrected chi connectivity index (χ2v) is 3.70. The van der Waals surface area contributed by atoms with E-state index in [9.17, 15) is 4.79 Å². The van der Waals surface area contributed by atoms with Crippen molar-refractivity contribution >= 4 is 6.09 Å². The lowest BCUT2D eigenvalue weighted by molar-refractivity contribution is 0.0686. The summed E-state index contributed by atoms with van der Waals surface area (Å²) in [6, 6.07) is -0.188. The van der Waals surface area contributed by atoms with Gasteiger partial charge in [0.1, 0.15) is 6.61 Å². The molecule has 2 unspecified atom stereocenters. The Balaban J connectivity index is 1.90. The van der Waals surface area contributed by atoms with E-state index in [1.54, 1.807) is 4.90 Å². The summed E-state index contributed by atoms with van der Waals surface area (Å²) in [6.45, 7) is 1.57. The number of amides is 1. The van der Waals surface area contributed by atoms with E-state index in [1.807, 2.05) is 0 Å². The molecule has 0 aromatic heterocycles. The molecule has 0 aliphatic carbocycles. The van der Waals surface area contributed by atoms with Gasteiger partial charge in [0.15, 0.2) is 0 Å². The Kier molecular flexibility index (Phi) is 2.88. The average Bonchev–Trinajstić information content (AvgIpc) is 2.79. The summed E-state index contributed by atoms with van der Waals surface area (Å²) in [4.78, 5) is 12.8. The Morgan fingerprint density at radius 1 is 1.57 bits per heavy atom. The lowest BCUT2D eigenvalue weighted by Crippen LogP contribution is -2.41. The molecule has 0 aromatic rings. The quantitative estimate of drug-likeness (QED) is 0.697. The van der Waals surface area contributed by atoms with Crippen LogP contribution in [0.25, 0.3) is 0 Å². The van der Waals surface area contributed by atoms with Crippen LogP contribution in [0, 0.1) is 0 Å². The summed E-state index contributed by atoms with van der Waals surface area (Å²) in [6.07, 6.45) is 1.83. The van der Waals surface area contributed by atoms with Gasteiger partial charge in [-0.1, -0.05) is 0 Å². The van der Waals surface area contributed by atoms with Crippen molar-refractivity contribution in [1.29, 1.82) is 0 Å². The lowest BCUT2D eigenvalue weighted by atomic mass is 10.2. The van der Waals surface area contributed by atoms with Crippen LogP contribution in [0.4, 0.5) is 4.79 Å². The molecule has 1 amide bonds. The van der Waals surface area contributed by atoms with Gasteiger partial charge in [0.25, 0.3) is 0 Å². The van der Waals surface area contributed by atoms with Gasteiger partial charge in [-0.05, 0) is 12.8 Å². The van der Waals surface area contributed by atoms with E-state index >= 15 is 0 Å². The van der Waals surface area contributed by atoms with Crippen LogP contribution in [0.5, 0.6) is 0 Å². The van der Waals surface area contributed by atoms with Gasteiger partial charge >= 0.3 is 6.09 Å². The monoisotopic (exact) mass is 201 g/mol. The summed E-state index contributed by atoms with van der Waals surface area (Å²) in [5, 5.41) is 9.01. The smallest absolute Gasteiger partial charge is 0.410 e. The Morgan fingerprint density at radius 2 is 2.43 bits per heavy atom. The number of ether oxygens (including phenoxy) is 2. The maximum absolute atomic E-state index is 11.3. The number of aliphatic hydroxyl groups excluding tert-OH is 1. The standard InChI is InChI=1S/C9H15NO4/c11-5-7-6-14-9(12)10(7)4-8-2-1-3-13-8/h7-8,11H,1-6H2. The maximum atomic E-state index is 11.3. The van der Waals surface area contributed by atoms with Gasteiger partial charge < -0.3 is 14.6 Å². The van der Waals surface area contributed by atoms with Crippen molar-refractivity contribution in [3.8, 4) is 0 Å². The molecule has 2 fully saturated rings. The third-order valence-corrected chi connectivity index (χ3v) is 2.71. The van der Waals surface area contributed by atoms with Crippen molar-refractivity contribution in [1.82, 2.24) is 4.90 Å². The Labute approximate surface area is 82.6 Å². The zero-order valence-electron chi connectivity index (χ0n) is 8.02. The first kappa shape index (κ1) is 9.73. The molecule has 0 spiro atoms. The van der Waals surface area contributed by atoms with Crippen LogP contribution < -0.4 is 0 Å². The summed E-state index contributed by atoms with van der Waals surface area (Å²) >= 11 is 0. The lowest BCUT2D eigenvalue weighted by Gasteiger charge is -2.22. The summed E-state index contributed by atoms with van der Waals surface area (Å²) in [5.74, 6) is 0. The minimum atomic E-state index is -0.334. The van der Waals surface area contributed by atoms with Gasteiger partial charge in [-0.2, -0.15) is 0 Å². The Hall–Kier alpha value is -0.810. The van der Waals surface area contributed by atoms with Crippen molar-refractivity contribution in [3.05, 3.63) is 0 Å². The first-order chi connectivity index (χ1) is 6.81. The fraction of sp³-hybridized carbons (Fsp3) is 0.889. The molecule has 2 aliphatic rings. The van der Waals surface area contributed by atoms with E-state index in [-0.39, 0.29) is 24.8 Å². The molecule has 5 nitrogen and oxygen atoms in total. The van der Waals surface area contributed by atoms with Gasteiger partial charge in [0.05, 0.1) is 25.3 Å². The van der Waals surface area contributed by atoms with E-state index in [0.717, 1.165) is 19.4 Å². The van der Waals surface area contributed by atoms with Crippen LogP contribution in [0.3, 0.4) is 0 Å². The van der Waals surface area contributed by atoms with Crippen molar-refractivity contribution in [3.63, 3.8) is 0 Å². The summed E-state index contributed by atoms with van der Waals surface area (Å²) in [7, 11) is 0. The molecule has 2 saturated heterocycles. The number of hydrogen-bond acceptors (Lipinski definition) is 4. The molecular weight excluding hydrogens is 186 g/mol. The highest BCUT2D eigenvalue weighted by molar-refractivity contribution is 5.70. The van der Waals surface area contributed by atoms with Gasteiger partial charge in [0, 0.05) is 6.61 Å². The predicted molar refractivity (Wildman–Crippen MR) is 47.9 cm³/mol. The van der Waals surface area contributed by atoms with Crippen LogP contribution in [0.15, 0.2) is 0 Å². The largest absolute Gasteiger partial charge is 0.447 e. The minimum absolute atomic E-state index is 0.0432. The minimum Gasteiger partial charge on any atom is -0.447 e. The molecule has 0 aromatic carbocycles. The fourth-order valence-corrected chi connectivity index (χ4v) is 1.87. The molecule has 1 N–H and O–H groups in total. The SMILES string of the molecule is O=C1OCC(CO)N1CC1CCCO1. The van der Waals surface area contributed by atoms with Gasteiger partial charge in [0.2, 0.25) is 0 Å².